The quantitative estimate of drug-likeness (QED) is 0.545. The van der Waals surface area contributed by atoms with Crippen LogP contribution < -0.4 is 10.5 Å². The maximum atomic E-state index is 10.1. The number of hydrogen-bond acceptors (Lipinski definition) is 8. The third-order valence-corrected chi connectivity index (χ3v) is 3.54. The SMILES string of the molecule is COc1nc(N)nc2c1ccn2[C@H]1O[C@H](CO)[C@@H](O)[C@H]1O. The monoisotopic (exact) mass is 296 g/mol. The number of anilines is 1. The largest absolute Gasteiger partial charge is 0.480 e. The van der Waals surface area contributed by atoms with Crippen LogP contribution in [0.15, 0.2) is 12.3 Å². The van der Waals surface area contributed by atoms with E-state index in [0.29, 0.717) is 16.9 Å². The van der Waals surface area contributed by atoms with Gasteiger partial charge in [-0.15, -0.1) is 0 Å². The van der Waals surface area contributed by atoms with Gasteiger partial charge in [0.25, 0.3) is 0 Å². The molecule has 1 aliphatic heterocycles. The van der Waals surface area contributed by atoms with Crippen molar-refractivity contribution in [3.05, 3.63) is 12.3 Å². The molecule has 2 aromatic rings. The Balaban J connectivity index is 2.07. The molecule has 1 saturated heterocycles. The second-order valence-electron chi connectivity index (χ2n) is 4.78. The molecule has 2 aromatic heterocycles. The molecule has 114 valence electrons. The lowest BCUT2D eigenvalue weighted by Gasteiger charge is -2.17. The first-order valence-corrected chi connectivity index (χ1v) is 6.37. The van der Waals surface area contributed by atoms with E-state index in [2.05, 4.69) is 9.97 Å². The number of nitrogen functional groups attached to an aromatic ring is 1. The fraction of sp³-hybridized carbons (Fsp3) is 0.500. The number of fused-ring (bicyclic) bond motifs is 1. The average molecular weight is 296 g/mol. The van der Waals surface area contributed by atoms with Crippen LogP contribution in [0.5, 0.6) is 5.88 Å². The van der Waals surface area contributed by atoms with Gasteiger partial charge in [-0.1, -0.05) is 0 Å². The Morgan fingerprint density at radius 1 is 1.38 bits per heavy atom. The summed E-state index contributed by atoms with van der Waals surface area (Å²) in [5.74, 6) is 0.328. The molecule has 0 aliphatic carbocycles. The Hall–Kier alpha value is -1.94. The van der Waals surface area contributed by atoms with Crippen molar-refractivity contribution < 1.29 is 24.8 Å². The summed E-state index contributed by atoms with van der Waals surface area (Å²) in [6.45, 7) is -0.394. The number of nitrogens with zero attached hydrogens (tertiary/aromatic N) is 3. The molecule has 9 heteroatoms. The number of nitrogens with two attached hydrogens (primary N) is 1. The third kappa shape index (κ3) is 2.10. The van der Waals surface area contributed by atoms with Crippen molar-refractivity contribution in [3.8, 4) is 5.88 Å². The van der Waals surface area contributed by atoms with Crippen molar-refractivity contribution in [2.24, 2.45) is 0 Å². The van der Waals surface area contributed by atoms with Gasteiger partial charge in [0.1, 0.15) is 18.3 Å². The first-order chi connectivity index (χ1) is 10.1. The molecule has 1 aliphatic rings. The van der Waals surface area contributed by atoms with Crippen LogP contribution >= 0.6 is 0 Å². The molecule has 0 saturated carbocycles. The first-order valence-electron chi connectivity index (χ1n) is 6.37. The third-order valence-electron chi connectivity index (χ3n) is 3.54. The standard InChI is InChI=1S/C12H16N4O5/c1-20-10-5-2-3-16(9(5)14-12(13)15-10)11-8(19)7(18)6(4-17)21-11/h2-3,6-8,11,17-19H,4H2,1H3,(H2,13,14,15)/t6-,7-,8-,11+/m1/s1. The molecule has 3 heterocycles. The number of ether oxygens (including phenoxy) is 2. The van der Waals surface area contributed by atoms with E-state index in [1.54, 1.807) is 12.3 Å². The van der Waals surface area contributed by atoms with E-state index in [1.807, 2.05) is 0 Å². The number of aromatic nitrogens is 3. The van der Waals surface area contributed by atoms with Crippen LogP contribution in [0.25, 0.3) is 11.0 Å². The van der Waals surface area contributed by atoms with Crippen LogP contribution in [0.1, 0.15) is 6.23 Å². The molecule has 0 radical (unpaired) electrons. The van der Waals surface area contributed by atoms with E-state index >= 15 is 0 Å². The molecule has 5 N–H and O–H groups in total. The predicted molar refractivity (Wildman–Crippen MR) is 71.5 cm³/mol. The van der Waals surface area contributed by atoms with E-state index in [9.17, 15) is 10.2 Å². The average Bonchev–Trinajstić information content (AvgIpc) is 3.01. The summed E-state index contributed by atoms with van der Waals surface area (Å²) in [5, 5.41) is 29.6. The molecule has 9 nitrogen and oxygen atoms in total. The van der Waals surface area contributed by atoms with Crippen molar-refractivity contribution in [3.63, 3.8) is 0 Å². The molecule has 4 atom stereocenters. The molecule has 3 rings (SSSR count). The van der Waals surface area contributed by atoms with Crippen molar-refractivity contribution in [2.75, 3.05) is 19.5 Å². The first kappa shape index (κ1) is 14.0. The minimum Gasteiger partial charge on any atom is -0.480 e. The highest BCUT2D eigenvalue weighted by Gasteiger charge is 2.43. The molecule has 1 fully saturated rings. The molecule has 0 amide bonds. The summed E-state index contributed by atoms with van der Waals surface area (Å²) in [6, 6.07) is 1.70. The highest BCUT2D eigenvalue weighted by Crippen LogP contribution is 2.33. The van der Waals surface area contributed by atoms with Gasteiger partial charge in [-0.3, -0.25) is 0 Å². The van der Waals surface area contributed by atoms with Gasteiger partial charge in [-0.05, 0) is 6.07 Å². The highest BCUT2D eigenvalue weighted by molar-refractivity contribution is 5.82. The normalized spacial score (nSPS) is 29.1. The maximum Gasteiger partial charge on any atom is 0.227 e. The van der Waals surface area contributed by atoms with Gasteiger partial charge in [0.15, 0.2) is 11.9 Å². The number of aliphatic hydroxyl groups is 3. The van der Waals surface area contributed by atoms with Crippen LogP contribution in [0.2, 0.25) is 0 Å². The Kier molecular flexibility index (Phi) is 3.41. The summed E-state index contributed by atoms with van der Waals surface area (Å²) >= 11 is 0. The zero-order valence-electron chi connectivity index (χ0n) is 11.2. The Bertz CT molecular complexity index is 660. The number of hydrogen-bond donors (Lipinski definition) is 4. The Morgan fingerprint density at radius 2 is 2.14 bits per heavy atom. The highest BCUT2D eigenvalue weighted by atomic mass is 16.6. The fourth-order valence-electron chi connectivity index (χ4n) is 2.49. The fourth-order valence-corrected chi connectivity index (χ4v) is 2.49. The molecule has 0 aromatic carbocycles. The van der Waals surface area contributed by atoms with Crippen LogP contribution in [0.3, 0.4) is 0 Å². The second-order valence-corrected chi connectivity index (χ2v) is 4.78. The van der Waals surface area contributed by atoms with E-state index in [-0.39, 0.29) is 5.95 Å². The summed E-state index contributed by atoms with van der Waals surface area (Å²) in [7, 11) is 1.46. The van der Waals surface area contributed by atoms with Crippen molar-refractivity contribution >= 4 is 17.0 Å². The lowest BCUT2D eigenvalue weighted by Crippen LogP contribution is -2.33. The van der Waals surface area contributed by atoms with Crippen molar-refractivity contribution in [1.29, 1.82) is 0 Å². The van der Waals surface area contributed by atoms with Crippen LogP contribution in [0, 0.1) is 0 Å². The topological polar surface area (TPSA) is 136 Å². The van der Waals surface area contributed by atoms with Gasteiger partial charge in [-0.25, -0.2) is 0 Å². The summed E-state index contributed by atoms with van der Waals surface area (Å²) in [6.07, 6.45) is -2.49. The van der Waals surface area contributed by atoms with E-state index < -0.39 is 31.1 Å². The summed E-state index contributed by atoms with van der Waals surface area (Å²) in [5.41, 5.74) is 6.05. The van der Waals surface area contributed by atoms with E-state index in [0.717, 1.165) is 0 Å². The van der Waals surface area contributed by atoms with Gasteiger partial charge in [0, 0.05) is 6.20 Å². The Labute approximate surface area is 119 Å². The van der Waals surface area contributed by atoms with Crippen LogP contribution in [-0.2, 0) is 4.74 Å². The summed E-state index contributed by atoms with van der Waals surface area (Å²) in [4.78, 5) is 8.08. The number of rotatable bonds is 3. The number of methoxy groups -OCH3 is 1. The van der Waals surface area contributed by atoms with Gasteiger partial charge >= 0.3 is 0 Å². The van der Waals surface area contributed by atoms with Gasteiger partial charge in [-0.2, -0.15) is 9.97 Å². The van der Waals surface area contributed by atoms with Crippen molar-refractivity contribution in [1.82, 2.24) is 14.5 Å². The minimum absolute atomic E-state index is 0.0195. The molecule has 21 heavy (non-hydrogen) atoms. The smallest absolute Gasteiger partial charge is 0.227 e. The van der Waals surface area contributed by atoms with Crippen LogP contribution in [-0.4, -0.2) is 61.9 Å². The van der Waals surface area contributed by atoms with Crippen molar-refractivity contribution in [2.45, 2.75) is 24.5 Å². The van der Waals surface area contributed by atoms with Gasteiger partial charge < -0.3 is 35.1 Å². The zero-order valence-corrected chi connectivity index (χ0v) is 11.2. The molecular formula is C12H16N4O5. The summed E-state index contributed by atoms with van der Waals surface area (Å²) < 4.78 is 12.1. The minimum atomic E-state index is -1.19. The lowest BCUT2D eigenvalue weighted by atomic mass is 10.1. The zero-order chi connectivity index (χ0) is 15.1. The predicted octanol–water partition coefficient (Wildman–Crippen LogP) is -1.37. The molecule has 0 spiro atoms. The number of aliphatic hydroxyl groups excluding tert-OH is 3. The van der Waals surface area contributed by atoms with E-state index in [1.165, 1.54) is 11.7 Å². The molecule has 0 bridgehead atoms. The molecule has 0 unspecified atom stereocenters. The maximum absolute atomic E-state index is 10.1. The van der Waals surface area contributed by atoms with Gasteiger partial charge in [0.2, 0.25) is 11.8 Å². The Morgan fingerprint density at radius 3 is 2.76 bits per heavy atom. The van der Waals surface area contributed by atoms with E-state index in [4.69, 9.17) is 20.3 Å². The lowest BCUT2D eigenvalue weighted by molar-refractivity contribution is -0.0508. The second kappa shape index (κ2) is 5.11. The molecular weight excluding hydrogens is 280 g/mol. The van der Waals surface area contributed by atoms with Gasteiger partial charge in [0.05, 0.1) is 19.1 Å². The van der Waals surface area contributed by atoms with Crippen LogP contribution in [0.4, 0.5) is 5.95 Å².